The average molecular weight is 338 g/mol. The number of fused-ring (bicyclic) bond motifs is 5. The zero-order chi connectivity index (χ0) is 17.3. The van der Waals surface area contributed by atoms with Gasteiger partial charge < -0.3 is 4.74 Å². The average Bonchev–Trinajstić information content (AvgIpc) is 3.12. The van der Waals surface area contributed by atoms with E-state index in [1.807, 2.05) is 6.20 Å². The van der Waals surface area contributed by atoms with Crippen LogP contribution in [0, 0.1) is 28.6 Å². The van der Waals surface area contributed by atoms with Gasteiger partial charge in [0, 0.05) is 24.4 Å². The summed E-state index contributed by atoms with van der Waals surface area (Å²) in [5.74, 6) is 2.51. The fourth-order valence-corrected chi connectivity index (χ4v) is 7.31. The SMILES string of the molecule is CC12CCC3C(CCC4(C)OCCC34C)C1CC=C2c1cccnc1. The molecule has 1 aromatic rings. The van der Waals surface area contributed by atoms with E-state index in [1.165, 1.54) is 44.1 Å². The molecule has 2 saturated carbocycles. The standard InChI is InChI=1S/C23H31NO/c1-21-10-9-20-17(8-11-23(3)22(20,2)12-14-25-23)19(21)7-6-18(21)16-5-4-13-24-15-16/h4-6,13,15,17,19-20H,7-12,14H2,1-3H3. The minimum absolute atomic E-state index is 0.125. The molecular formula is C23H31NO. The maximum absolute atomic E-state index is 6.30. The van der Waals surface area contributed by atoms with Crippen LogP contribution in [-0.2, 0) is 4.74 Å². The maximum Gasteiger partial charge on any atom is 0.0711 e. The Labute approximate surface area is 152 Å². The van der Waals surface area contributed by atoms with E-state index in [1.54, 1.807) is 5.57 Å². The number of nitrogens with zero attached hydrogens (tertiary/aromatic N) is 1. The third-order valence-corrected chi connectivity index (χ3v) is 9.01. The Morgan fingerprint density at radius 1 is 1.08 bits per heavy atom. The molecule has 3 fully saturated rings. The molecule has 0 radical (unpaired) electrons. The Bertz CT molecular complexity index is 712. The van der Waals surface area contributed by atoms with Crippen molar-refractivity contribution in [2.45, 2.75) is 64.9 Å². The quantitative estimate of drug-likeness (QED) is 0.675. The van der Waals surface area contributed by atoms with Crippen LogP contribution in [0.3, 0.4) is 0 Å². The molecule has 134 valence electrons. The highest BCUT2D eigenvalue weighted by molar-refractivity contribution is 5.72. The molecule has 0 spiro atoms. The van der Waals surface area contributed by atoms with Crippen LogP contribution in [0.5, 0.6) is 0 Å². The molecule has 5 rings (SSSR count). The Morgan fingerprint density at radius 3 is 2.76 bits per heavy atom. The van der Waals surface area contributed by atoms with E-state index in [0.717, 1.165) is 24.4 Å². The zero-order valence-electron chi connectivity index (χ0n) is 15.9. The molecule has 6 unspecified atom stereocenters. The van der Waals surface area contributed by atoms with Crippen molar-refractivity contribution in [2.75, 3.05) is 6.61 Å². The summed E-state index contributed by atoms with van der Waals surface area (Å²) in [6.07, 6.45) is 14.3. The second-order valence-electron chi connectivity index (χ2n) is 9.71. The smallest absolute Gasteiger partial charge is 0.0711 e. The molecule has 0 amide bonds. The van der Waals surface area contributed by atoms with Gasteiger partial charge in [-0.2, -0.15) is 0 Å². The van der Waals surface area contributed by atoms with Gasteiger partial charge in [0.2, 0.25) is 0 Å². The Morgan fingerprint density at radius 2 is 1.96 bits per heavy atom. The van der Waals surface area contributed by atoms with E-state index in [2.05, 4.69) is 50.2 Å². The first kappa shape index (κ1) is 16.1. The highest BCUT2D eigenvalue weighted by Gasteiger charge is 2.63. The first-order valence-electron chi connectivity index (χ1n) is 10.2. The number of rotatable bonds is 1. The van der Waals surface area contributed by atoms with E-state index in [0.29, 0.717) is 10.8 Å². The molecule has 0 aromatic carbocycles. The number of allylic oxidation sites excluding steroid dienone is 2. The lowest BCUT2D eigenvalue weighted by Gasteiger charge is -2.59. The molecule has 6 atom stereocenters. The number of hydrogen-bond acceptors (Lipinski definition) is 2. The van der Waals surface area contributed by atoms with Crippen molar-refractivity contribution < 1.29 is 4.74 Å². The van der Waals surface area contributed by atoms with Gasteiger partial charge in [-0.1, -0.05) is 26.0 Å². The van der Waals surface area contributed by atoms with Crippen LogP contribution < -0.4 is 0 Å². The zero-order valence-corrected chi connectivity index (χ0v) is 15.9. The number of aromatic nitrogens is 1. The lowest BCUT2D eigenvalue weighted by Crippen LogP contribution is -2.56. The van der Waals surface area contributed by atoms with Crippen LogP contribution in [-0.4, -0.2) is 17.2 Å². The molecule has 2 heteroatoms. The summed E-state index contributed by atoms with van der Waals surface area (Å²) in [5, 5.41) is 0. The van der Waals surface area contributed by atoms with Gasteiger partial charge in [-0.25, -0.2) is 0 Å². The van der Waals surface area contributed by atoms with Crippen LogP contribution >= 0.6 is 0 Å². The van der Waals surface area contributed by atoms with Crippen molar-refractivity contribution in [3.63, 3.8) is 0 Å². The highest BCUT2D eigenvalue weighted by Crippen LogP contribution is 2.68. The molecule has 2 heterocycles. The molecule has 1 aliphatic heterocycles. The van der Waals surface area contributed by atoms with Gasteiger partial charge in [-0.05, 0) is 85.8 Å². The first-order valence-corrected chi connectivity index (χ1v) is 10.2. The number of ether oxygens (including phenoxy) is 1. The third kappa shape index (κ3) is 1.98. The maximum atomic E-state index is 6.30. The van der Waals surface area contributed by atoms with Crippen molar-refractivity contribution in [1.29, 1.82) is 0 Å². The van der Waals surface area contributed by atoms with Gasteiger partial charge in [-0.15, -0.1) is 0 Å². The van der Waals surface area contributed by atoms with Crippen LogP contribution in [0.4, 0.5) is 0 Å². The van der Waals surface area contributed by atoms with Crippen molar-refractivity contribution in [2.24, 2.45) is 28.6 Å². The summed E-state index contributed by atoms with van der Waals surface area (Å²) < 4.78 is 6.30. The predicted molar refractivity (Wildman–Crippen MR) is 101 cm³/mol. The minimum Gasteiger partial charge on any atom is -0.375 e. The fourth-order valence-electron chi connectivity index (χ4n) is 7.31. The minimum atomic E-state index is 0.125. The van der Waals surface area contributed by atoms with Gasteiger partial charge in [0.1, 0.15) is 0 Å². The van der Waals surface area contributed by atoms with Crippen molar-refractivity contribution in [1.82, 2.24) is 4.98 Å². The second kappa shape index (κ2) is 5.19. The third-order valence-electron chi connectivity index (χ3n) is 9.01. The van der Waals surface area contributed by atoms with Crippen molar-refractivity contribution in [3.05, 3.63) is 36.2 Å². The first-order chi connectivity index (χ1) is 12.0. The van der Waals surface area contributed by atoms with E-state index in [-0.39, 0.29) is 5.60 Å². The Balaban J connectivity index is 1.49. The van der Waals surface area contributed by atoms with Gasteiger partial charge in [0.15, 0.2) is 0 Å². The van der Waals surface area contributed by atoms with E-state index in [4.69, 9.17) is 4.74 Å². The summed E-state index contributed by atoms with van der Waals surface area (Å²) in [5.41, 5.74) is 3.77. The molecule has 1 aromatic heterocycles. The summed E-state index contributed by atoms with van der Waals surface area (Å²) in [7, 11) is 0. The largest absolute Gasteiger partial charge is 0.375 e. The molecule has 25 heavy (non-hydrogen) atoms. The molecular weight excluding hydrogens is 306 g/mol. The van der Waals surface area contributed by atoms with Gasteiger partial charge in [0.05, 0.1) is 5.60 Å². The monoisotopic (exact) mass is 337 g/mol. The summed E-state index contributed by atoms with van der Waals surface area (Å²) in [4.78, 5) is 4.39. The van der Waals surface area contributed by atoms with Gasteiger partial charge >= 0.3 is 0 Å². The molecule has 0 N–H and O–H groups in total. The van der Waals surface area contributed by atoms with E-state index < -0.39 is 0 Å². The summed E-state index contributed by atoms with van der Waals surface area (Å²) in [6.45, 7) is 8.46. The normalized spacial score (nSPS) is 48.4. The highest BCUT2D eigenvalue weighted by atomic mass is 16.5. The lowest BCUT2D eigenvalue weighted by molar-refractivity contribution is -0.145. The van der Waals surface area contributed by atoms with E-state index in [9.17, 15) is 0 Å². The Kier molecular flexibility index (Phi) is 3.33. The molecule has 3 aliphatic carbocycles. The van der Waals surface area contributed by atoms with Gasteiger partial charge in [0.25, 0.3) is 0 Å². The number of pyridine rings is 1. The van der Waals surface area contributed by atoms with Crippen molar-refractivity contribution >= 4 is 5.57 Å². The van der Waals surface area contributed by atoms with Crippen molar-refractivity contribution in [3.8, 4) is 0 Å². The summed E-state index contributed by atoms with van der Waals surface area (Å²) >= 11 is 0. The van der Waals surface area contributed by atoms with Crippen LogP contribution in [0.2, 0.25) is 0 Å². The number of hydrogen-bond donors (Lipinski definition) is 0. The van der Waals surface area contributed by atoms with Crippen LogP contribution in [0.1, 0.15) is 64.9 Å². The summed E-state index contributed by atoms with van der Waals surface area (Å²) in [6, 6.07) is 4.34. The van der Waals surface area contributed by atoms with Gasteiger partial charge in [-0.3, -0.25) is 4.98 Å². The van der Waals surface area contributed by atoms with Crippen LogP contribution in [0.25, 0.3) is 5.57 Å². The molecule has 0 bridgehead atoms. The second-order valence-corrected chi connectivity index (χ2v) is 9.71. The van der Waals surface area contributed by atoms with Crippen LogP contribution in [0.15, 0.2) is 30.6 Å². The predicted octanol–water partition coefficient (Wildman–Crippen LogP) is 5.50. The molecule has 1 saturated heterocycles. The lowest BCUT2D eigenvalue weighted by atomic mass is 9.46. The Hall–Kier alpha value is -1.15. The van der Waals surface area contributed by atoms with E-state index >= 15 is 0 Å². The fraction of sp³-hybridized carbons (Fsp3) is 0.696. The molecule has 2 nitrogen and oxygen atoms in total. The molecule has 4 aliphatic rings. The topological polar surface area (TPSA) is 22.1 Å².